The lowest BCUT2D eigenvalue weighted by Crippen LogP contribution is -2.15. The van der Waals surface area contributed by atoms with E-state index < -0.39 is 0 Å². The van der Waals surface area contributed by atoms with Crippen molar-refractivity contribution in [3.05, 3.63) is 35.2 Å². The molecule has 0 saturated carbocycles. The summed E-state index contributed by atoms with van der Waals surface area (Å²) in [7, 11) is 0. The number of aryl methyl sites for hydroxylation is 3. The Morgan fingerprint density at radius 1 is 1.38 bits per heavy atom. The van der Waals surface area contributed by atoms with Gasteiger partial charge in [0.2, 0.25) is 11.1 Å². The number of aromatic nitrogens is 3. The van der Waals surface area contributed by atoms with Gasteiger partial charge in [-0.1, -0.05) is 30.8 Å². The molecule has 0 aliphatic heterocycles. The van der Waals surface area contributed by atoms with Crippen molar-refractivity contribution in [1.82, 2.24) is 15.2 Å². The molecular weight excluding hydrogens is 284 g/mol. The molecule has 1 aromatic heterocycles. The zero-order valence-electron chi connectivity index (χ0n) is 12.6. The van der Waals surface area contributed by atoms with E-state index in [0.717, 1.165) is 35.5 Å². The van der Waals surface area contributed by atoms with Crippen LogP contribution in [-0.4, -0.2) is 26.8 Å². The highest BCUT2D eigenvalue weighted by atomic mass is 32.2. The summed E-state index contributed by atoms with van der Waals surface area (Å²) in [5.74, 6) is 1.13. The number of anilines is 1. The second-order valence-corrected chi connectivity index (χ2v) is 5.91. The van der Waals surface area contributed by atoms with E-state index in [0.29, 0.717) is 10.9 Å². The lowest BCUT2D eigenvalue weighted by Gasteiger charge is -2.08. The summed E-state index contributed by atoms with van der Waals surface area (Å²) < 4.78 is 0. The van der Waals surface area contributed by atoms with E-state index in [4.69, 9.17) is 0 Å². The number of hydrogen-bond donors (Lipinski definition) is 2. The second-order valence-electron chi connectivity index (χ2n) is 4.97. The Morgan fingerprint density at radius 2 is 2.19 bits per heavy atom. The van der Waals surface area contributed by atoms with Gasteiger partial charge in [-0.05, 0) is 37.5 Å². The van der Waals surface area contributed by atoms with Crippen LogP contribution in [0.3, 0.4) is 0 Å². The maximum absolute atomic E-state index is 12.0. The van der Waals surface area contributed by atoms with E-state index in [2.05, 4.69) is 27.4 Å². The molecule has 2 rings (SSSR count). The molecule has 2 N–H and O–H groups in total. The van der Waals surface area contributed by atoms with Crippen LogP contribution in [0.25, 0.3) is 0 Å². The molecule has 0 unspecified atom stereocenters. The lowest BCUT2D eigenvalue weighted by atomic mass is 10.1. The molecule has 0 radical (unpaired) electrons. The van der Waals surface area contributed by atoms with E-state index in [9.17, 15) is 4.79 Å². The van der Waals surface area contributed by atoms with Crippen LogP contribution in [0.15, 0.2) is 23.4 Å². The number of carbonyl (C=O) groups excluding carboxylic acids is 1. The minimum atomic E-state index is -0.0458. The molecule has 6 heteroatoms. The van der Waals surface area contributed by atoms with Crippen LogP contribution >= 0.6 is 11.8 Å². The molecule has 0 bridgehead atoms. The number of amides is 1. The van der Waals surface area contributed by atoms with Gasteiger partial charge in [-0.3, -0.25) is 9.89 Å². The van der Waals surface area contributed by atoms with Crippen molar-refractivity contribution in [1.29, 1.82) is 0 Å². The Balaban J connectivity index is 1.88. The van der Waals surface area contributed by atoms with Crippen LogP contribution in [0.1, 0.15) is 30.3 Å². The van der Waals surface area contributed by atoms with Crippen LogP contribution in [0.5, 0.6) is 0 Å². The normalized spacial score (nSPS) is 10.6. The van der Waals surface area contributed by atoms with Crippen molar-refractivity contribution in [3.63, 3.8) is 0 Å². The van der Waals surface area contributed by atoms with Gasteiger partial charge in [0.25, 0.3) is 0 Å². The molecule has 5 nitrogen and oxygen atoms in total. The fourth-order valence-electron chi connectivity index (χ4n) is 1.88. The highest BCUT2D eigenvalue weighted by molar-refractivity contribution is 7.99. The van der Waals surface area contributed by atoms with Gasteiger partial charge in [0, 0.05) is 12.1 Å². The molecule has 112 valence electrons. The van der Waals surface area contributed by atoms with Crippen molar-refractivity contribution < 1.29 is 4.79 Å². The van der Waals surface area contributed by atoms with Crippen LogP contribution in [0.2, 0.25) is 0 Å². The fraction of sp³-hybridized carbons (Fsp3) is 0.400. The maximum Gasteiger partial charge on any atom is 0.234 e. The SMILES string of the molecule is CCCc1nc(SCC(=O)Nc2cc(C)ccc2C)n[nH]1. The Kier molecular flexibility index (Phi) is 5.38. The molecule has 1 heterocycles. The Labute approximate surface area is 128 Å². The second kappa shape index (κ2) is 7.26. The molecular formula is C15H20N4OS. The molecule has 0 spiro atoms. The quantitative estimate of drug-likeness (QED) is 0.804. The van der Waals surface area contributed by atoms with E-state index in [1.54, 1.807) is 0 Å². The molecule has 2 aromatic rings. The first kappa shape index (κ1) is 15.6. The van der Waals surface area contributed by atoms with Gasteiger partial charge in [-0.15, -0.1) is 5.10 Å². The monoisotopic (exact) mass is 304 g/mol. The number of H-pyrrole nitrogens is 1. The zero-order valence-corrected chi connectivity index (χ0v) is 13.4. The number of carbonyl (C=O) groups is 1. The van der Waals surface area contributed by atoms with Crippen LogP contribution < -0.4 is 5.32 Å². The first-order valence-electron chi connectivity index (χ1n) is 6.99. The number of rotatable bonds is 6. The van der Waals surface area contributed by atoms with Crippen LogP contribution in [-0.2, 0) is 11.2 Å². The number of thioether (sulfide) groups is 1. The summed E-state index contributed by atoms with van der Waals surface area (Å²) in [4.78, 5) is 16.3. The number of benzene rings is 1. The zero-order chi connectivity index (χ0) is 15.2. The van der Waals surface area contributed by atoms with Gasteiger partial charge in [0.1, 0.15) is 5.82 Å². The maximum atomic E-state index is 12.0. The first-order chi connectivity index (χ1) is 10.1. The van der Waals surface area contributed by atoms with Crippen molar-refractivity contribution in [2.24, 2.45) is 0 Å². The van der Waals surface area contributed by atoms with Crippen LogP contribution in [0.4, 0.5) is 5.69 Å². The minimum Gasteiger partial charge on any atom is -0.325 e. The smallest absolute Gasteiger partial charge is 0.234 e. The molecule has 0 saturated heterocycles. The van der Waals surface area contributed by atoms with Gasteiger partial charge in [0.15, 0.2) is 0 Å². The van der Waals surface area contributed by atoms with E-state index >= 15 is 0 Å². The Morgan fingerprint density at radius 3 is 2.95 bits per heavy atom. The fourth-order valence-corrected chi connectivity index (χ4v) is 2.50. The summed E-state index contributed by atoms with van der Waals surface area (Å²) in [5.41, 5.74) is 3.05. The van der Waals surface area contributed by atoms with Gasteiger partial charge in [-0.2, -0.15) is 0 Å². The topological polar surface area (TPSA) is 70.7 Å². The van der Waals surface area contributed by atoms with Crippen LogP contribution in [0, 0.1) is 13.8 Å². The van der Waals surface area contributed by atoms with Crippen molar-refractivity contribution in [2.75, 3.05) is 11.1 Å². The van der Waals surface area contributed by atoms with Gasteiger partial charge in [0.05, 0.1) is 5.75 Å². The first-order valence-corrected chi connectivity index (χ1v) is 7.98. The van der Waals surface area contributed by atoms with Gasteiger partial charge in [-0.25, -0.2) is 4.98 Å². The summed E-state index contributed by atoms with van der Waals surface area (Å²) in [6.45, 7) is 6.08. The number of nitrogens with zero attached hydrogens (tertiary/aromatic N) is 2. The summed E-state index contributed by atoms with van der Waals surface area (Å²) in [6.07, 6.45) is 1.90. The van der Waals surface area contributed by atoms with E-state index in [-0.39, 0.29) is 5.91 Å². The molecule has 0 aliphatic rings. The lowest BCUT2D eigenvalue weighted by molar-refractivity contribution is -0.113. The van der Waals surface area contributed by atoms with Gasteiger partial charge < -0.3 is 5.32 Å². The number of hydrogen-bond acceptors (Lipinski definition) is 4. The van der Waals surface area contributed by atoms with E-state index in [1.807, 2.05) is 32.0 Å². The molecule has 0 fully saturated rings. The number of nitrogens with one attached hydrogen (secondary N) is 2. The third kappa shape index (κ3) is 4.60. The summed E-state index contributed by atoms with van der Waals surface area (Å²) in [5, 5.41) is 10.5. The minimum absolute atomic E-state index is 0.0458. The number of aromatic amines is 1. The average molecular weight is 304 g/mol. The van der Waals surface area contributed by atoms with Crippen molar-refractivity contribution in [3.8, 4) is 0 Å². The third-order valence-corrected chi connectivity index (χ3v) is 3.84. The highest BCUT2D eigenvalue weighted by Gasteiger charge is 2.09. The van der Waals surface area contributed by atoms with Crippen molar-refractivity contribution >= 4 is 23.4 Å². The third-order valence-electron chi connectivity index (χ3n) is 3.00. The predicted octanol–water partition coefficient (Wildman–Crippen LogP) is 3.10. The molecule has 1 aromatic carbocycles. The standard InChI is InChI=1S/C15H20N4OS/c1-4-5-13-17-15(19-18-13)21-9-14(20)16-12-8-10(2)6-7-11(12)3/h6-8H,4-5,9H2,1-3H3,(H,16,20)(H,17,18,19). The Bertz CT molecular complexity index is 624. The predicted molar refractivity (Wildman–Crippen MR) is 85.6 cm³/mol. The van der Waals surface area contributed by atoms with E-state index in [1.165, 1.54) is 11.8 Å². The summed E-state index contributed by atoms with van der Waals surface area (Å²) >= 11 is 1.34. The molecule has 1 amide bonds. The molecule has 0 atom stereocenters. The Hall–Kier alpha value is -1.82. The highest BCUT2D eigenvalue weighted by Crippen LogP contribution is 2.18. The van der Waals surface area contributed by atoms with Gasteiger partial charge >= 0.3 is 0 Å². The molecule has 0 aliphatic carbocycles. The molecule has 21 heavy (non-hydrogen) atoms. The van der Waals surface area contributed by atoms with Crippen molar-refractivity contribution in [2.45, 2.75) is 38.8 Å². The largest absolute Gasteiger partial charge is 0.325 e. The summed E-state index contributed by atoms with van der Waals surface area (Å²) in [6, 6.07) is 6.01. The average Bonchev–Trinajstić information content (AvgIpc) is 2.89.